The fourth-order valence-electron chi connectivity index (χ4n) is 3.00. The second-order valence-electron chi connectivity index (χ2n) is 6.47. The fraction of sp³-hybridized carbons (Fsp3) is 0.208. The third kappa shape index (κ3) is 5.20. The molecule has 1 amide bonds. The second-order valence-corrected chi connectivity index (χ2v) is 6.47. The first-order chi connectivity index (χ1) is 13.3. The van der Waals surface area contributed by atoms with Crippen LogP contribution in [0.4, 0.5) is 5.69 Å². The smallest absolute Gasteiger partial charge is 0.236 e. The molecule has 0 aromatic heterocycles. The molecule has 0 saturated carbocycles. The van der Waals surface area contributed by atoms with E-state index in [-0.39, 0.29) is 11.8 Å². The summed E-state index contributed by atoms with van der Waals surface area (Å²) in [5.41, 5.74) is 2.68. The van der Waals surface area contributed by atoms with Crippen molar-refractivity contribution in [1.29, 1.82) is 0 Å². The fourth-order valence-corrected chi connectivity index (χ4v) is 3.00. The highest BCUT2D eigenvalue weighted by atomic mass is 16.5. The topological polar surface area (TPSA) is 38.3 Å². The van der Waals surface area contributed by atoms with Crippen molar-refractivity contribution in [2.24, 2.45) is 0 Å². The zero-order valence-electron chi connectivity index (χ0n) is 15.6. The molecule has 0 aliphatic carbocycles. The van der Waals surface area contributed by atoms with E-state index < -0.39 is 0 Å². The molecule has 3 nitrogen and oxygen atoms in total. The van der Waals surface area contributed by atoms with Gasteiger partial charge >= 0.3 is 0 Å². The van der Waals surface area contributed by atoms with Crippen LogP contribution in [0.3, 0.4) is 0 Å². The van der Waals surface area contributed by atoms with Gasteiger partial charge in [-0.3, -0.25) is 4.79 Å². The first kappa shape index (κ1) is 18.7. The van der Waals surface area contributed by atoms with Gasteiger partial charge in [0, 0.05) is 11.8 Å². The van der Waals surface area contributed by atoms with E-state index >= 15 is 0 Å². The lowest BCUT2D eigenvalue weighted by molar-refractivity contribution is -0.116. The van der Waals surface area contributed by atoms with Gasteiger partial charge in [0.15, 0.2) is 0 Å². The third-order valence-corrected chi connectivity index (χ3v) is 4.40. The van der Waals surface area contributed by atoms with Gasteiger partial charge in [-0.05, 0) is 29.7 Å². The van der Waals surface area contributed by atoms with E-state index in [1.165, 1.54) is 0 Å². The lowest BCUT2D eigenvalue weighted by atomic mass is 9.90. The minimum atomic E-state index is -0.364. The Hall–Kier alpha value is -3.07. The summed E-state index contributed by atoms with van der Waals surface area (Å²) >= 11 is 0. The van der Waals surface area contributed by atoms with Crippen molar-refractivity contribution in [3.05, 3.63) is 96.1 Å². The highest BCUT2D eigenvalue weighted by molar-refractivity contribution is 5.98. The summed E-state index contributed by atoms with van der Waals surface area (Å²) in [6, 6.07) is 27.3. The molecule has 0 aliphatic heterocycles. The monoisotopic (exact) mass is 359 g/mol. The standard InChI is InChI=1S/C24H25NO2/c1-2-3-17-27-22-16-10-15-21(18-22)25-24(26)23(19-11-6-4-7-12-19)20-13-8-5-9-14-20/h4-16,18,23H,2-3,17H2,1H3,(H,25,26). The molecule has 0 bridgehead atoms. The number of carbonyl (C=O) groups is 1. The Morgan fingerprint density at radius 1 is 0.889 bits per heavy atom. The van der Waals surface area contributed by atoms with Gasteiger partial charge in [0.2, 0.25) is 5.91 Å². The van der Waals surface area contributed by atoms with Crippen molar-refractivity contribution in [3.8, 4) is 5.75 Å². The minimum Gasteiger partial charge on any atom is -0.494 e. The summed E-state index contributed by atoms with van der Waals surface area (Å²) in [6.45, 7) is 2.82. The molecule has 3 heteroatoms. The van der Waals surface area contributed by atoms with Crippen LogP contribution < -0.4 is 10.1 Å². The Morgan fingerprint density at radius 3 is 2.11 bits per heavy atom. The number of rotatable bonds is 8. The molecule has 3 aromatic carbocycles. The van der Waals surface area contributed by atoms with Crippen LogP contribution in [0.25, 0.3) is 0 Å². The Kier molecular flexibility index (Phi) is 6.64. The first-order valence-electron chi connectivity index (χ1n) is 9.41. The Morgan fingerprint density at radius 2 is 1.52 bits per heavy atom. The maximum Gasteiger partial charge on any atom is 0.236 e. The summed E-state index contributed by atoms with van der Waals surface area (Å²) in [7, 11) is 0. The van der Waals surface area contributed by atoms with Crippen LogP contribution in [0.15, 0.2) is 84.9 Å². The predicted molar refractivity (Wildman–Crippen MR) is 110 cm³/mol. The molecule has 27 heavy (non-hydrogen) atoms. The van der Waals surface area contributed by atoms with Gasteiger partial charge in [-0.25, -0.2) is 0 Å². The Balaban J connectivity index is 1.80. The first-order valence-corrected chi connectivity index (χ1v) is 9.41. The number of amides is 1. The van der Waals surface area contributed by atoms with Gasteiger partial charge < -0.3 is 10.1 Å². The summed E-state index contributed by atoms with van der Waals surface area (Å²) in [5, 5.41) is 3.05. The van der Waals surface area contributed by atoms with Crippen LogP contribution in [-0.4, -0.2) is 12.5 Å². The molecule has 0 radical (unpaired) electrons. The lowest BCUT2D eigenvalue weighted by Crippen LogP contribution is -2.22. The summed E-state index contributed by atoms with van der Waals surface area (Å²) in [5.74, 6) is 0.354. The average molecular weight is 359 g/mol. The maximum absolute atomic E-state index is 13.1. The van der Waals surface area contributed by atoms with Gasteiger partial charge in [0.25, 0.3) is 0 Å². The van der Waals surface area contributed by atoms with Crippen LogP contribution in [0.2, 0.25) is 0 Å². The lowest BCUT2D eigenvalue weighted by Gasteiger charge is -2.18. The van der Waals surface area contributed by atoms with E-state index in [0.717, 1.165) is 35.4 Å². The largest absolute Gasteiger partial charge is 0.494 e. The van der Waals surface area contributed by atoms with Crippen molar-refractivity contribution < 1.29 is 9.53 Å². The van der Waals surface area contributed by atoms with Crippen molar-refractivity contribution in [3.63, 3.8) is 0 Å². The Labute approximate surface area is 161 Å². The predicted octanol–water partition coefficient (Wildman–Crippen LogP) is 5.64. The normalized spacial score (nSPS) is 10.6. The molecule has 0 heterocycles. The van der Waals surface area contributed by atoms with E-state index in [0.29, 0.717) is 6.61 Å². The molecule has 138 valence electrons. The van der Waals surface area contributed by atoms with E-state index in [1.807, 2.05) is 84.9 Å². The van der Waals surface area contributed by atoms with Gasteiger partial charge in [-0.15, -0.1) is 0 Å². The third-order valence-electron chi connectivity index (χ3n) is 4.40. The Bertz CT molecular complexity index is 807. The molecule has 1 N–H and O–H groups in total. The van der Waals surface area contributed by atoms with Crippen LogP contribution in [0.5, 0.6) is 5.75 Å². The number of hydrogen-bond donors (Lipinski definition) is 1. The van der Waals surface area contributed by atoms with Gasteiger partial charge in [-0.2, -0.15) is 0 Å². The number of ether oxygens (including phenoxy) is 1. The molecule has 3 aromatic rings. The van der Waals surface area contributed by atoms with E-state index in [2.05, 4.69) is 12.2 Å². The van der Waals surface area contributed by atoms with E-state index in [1.54, 1.807) is 0 Å². The summed E-state index contributed by atoms with van der Waals surface area (Å²) in [6.07, 6.45) is 2.10. The maximum atomic E-state index is 13.1. The molecular formula is C24H25NO2. The van der Waals surface area contributed by atoms with Crippen LogP contribution >= 0.6 is 0 Å². The molecule has 0 atom stereocenters. The van der Waals surface area contributed by atoms with Crippen LogP contribution in [0, 0.1) is 0 Å². The van der Waals surface area contributed by atoms with Gasteiger partial charge in [-0.1, -0.05) is 80.1 Å². The molecule has 3 rings (SSSR count). The van der Waals surface area contributed by atoms with Gasteiger partial charge in [0.1, 0.15) is 5.75 Å². The number of hydrogen-bond acceptors (Lipinski definition) is 2. The van der Waals surface area contributed by atoms with Crippen molar-refractivity contribution in [1.82, 2.24) is 0 Å². The van der Waals surface area contributed by atoms with Crippen molar-refractivity contribution in [2.75, 3.05) is 11.9 Å². The van der Waals surface area contributed by atoms with Crippen molar-refractivity contribution >= 4 is 11.6 Å². The molecule has 0 spiro atoms. The number of nitrogens with one attached hydrogen (secondary N) is 1. The van der Waals surface area contributed by atoms with Crippen molar-refractivity contribution in [2.45, 2.75) is 25.7 Å². The molecule has 0 saturated heterocycles. The van der Waals surface area contributed by atoms with Gasteiger partial charge in [0.05, 0.1) is 12.5 Å². The number of unbranched alkanes of at least 4 members (excludes halogenated alkanes) is 1. The minimum absolute atomic E-state index is 0.0573. The number of carbonyl (C=O) groups excluding carboxylic acids is 1. The molecule has 0 fully saturated rings. The zero-order chi connectivity index (χ0) is 18.9. The number of benzene rings is 3. The molecule has 0 aliphatic rings. The molecular weight excluding hydrogens is 334 g/mol. The number of anilines is 1. The summed E-state index contributed by atoms with van der Waals surface area (Å²) in [4.78, 5) is 13.1. The highest BCUT2D eigenvalue weighted by Gasteiger charge is 2.22. The van der Waals surface area contributed by atoms with Crippen LogP contribution in [-0.2, 0) is 4.79 Å². The highest BCUT2D eigenvalue weighted by Crippen LogP contribution is 2.27. The van der Waals surface area contributed by atoms with Crippen LogP contribution in [0.1, 0.15) is 36.8 Å². The zero-order valence-corrected chi connectivity index (χ0v) is 15.6. The summed E-state index contributed by atoms with van der Waals surface area (Å²) < 4.78 is 5.75. The average Bonchev–Trinajstić information content (AvgIpc) is 2.70. The second kappa shape index (κ2) is 9.58. The molecule has 0 unspecified atom stereocenters. The SMILES string of the molecule is CCCCOc1cccc(NC(=O)C(c2ccccc2)c2ccccc2)c1. The quantitative estimate of drug-likeness (QED) is 0.529. The van der Waals surface area contributed by atoms with E-state index in [4.69, 9.17) is 4.74 Å². The van der Waals surface area contributed by atoms with E-state index in [9.17, 15) is 4.79 Å².